The highest BCUT2D eigenvalue weighted by molar-refractivity contribution is 8.04. The molecule has 1 aliphatic heterocycles. The van der Waals surface area contributed by atoms with Gasteiger partial charge in [0.1, 0.15) is 27.9 Å². The van der Waals surface area contributed by atoms with Crippen molar-refractivity contribution in [3.8, 4) is 11.5 Å². The van der Waals surface area contributed by atoms with E-state index in [1.807, 2.05) is 30.3 Å². The molecule has 0 aliphatic carbocycles. The first-order valence-electron chi connectivity index (χ1n) is 9.62. The Morgan fingerprint density at radius 2 is 1.59 bits per heavy atom. The van der Waals surface area contributed by atoms with Crippen LogP contribution in [-0.2, 0) is 9.59 Å². The molecule has 32 heavy (non-hydrogen) atoms. The summed E-state index contributed by atoms with van der Waals surface area (Å²) >= 11 is 1.17. The van der Waals surface area contributed by atoms with Crippen LogP contribution in [0.3, 0.4) is 0 Å². The Bertz CT molecular complexity index is 1200. The number of hydrogen-bond acceptors (Lipinski definition) is 6. The Labute approximate surface area is 188 Å². The molecule has 2 amide bonds. The molecular formula is C24H19FN2O4S. The molecule has 0 saturated heterocycles. The summed E-state index contributed by atoms with van der Waals surface area (Å²) in [6, 6.07) is 19.6. The number of nitrogens with zero attached hydrogens (tertiary/aromatic N) is 1. The lowest BCUT2D eigenvalue weighted by molar-refractivity contribution is -0.120. The van der Waals surface area contributed by atoms with E-state index >= 15 is 0 Å². The standard InChI is InChI=1S/C24H19FN2O4S/c1-30-17-12-13-20(31-2)19(14-17)26-21-22(32-18-6-4-3-5-7-18)24(29)27(23(21)28)16-10-8-15(25)9-11-16/h3-14,26H,1-2H3. The number of anilines is 2. The van der Waals surface area contributed by atoms with E-state index in [0.29, 0.717) is 17.2 Å². The number of thioether (sulfide) groups is 1. The molecule has 1 heterocycles. The first kappa shape index (κ1) is 21.5. The minimum atomic E-state index is -0.551. The van der Waals surface area contributed by atoms with Gasteiger partial charge in [0.05, 0.1) is 25.6 Å². The maximum absolute atomic E-state index is 13.4. The molecule has 162 valence electrons. The van der Waals surface area contributed by atoms with Crippen LogP contribution in [0.4, 0.5) is 15.8 Å². The van der Waals surface area contributed by atoms with Crippen LogP contribution in [0.25, 0.3) is 0 Å². The summed E-state index contributed by atoms with van der Waals surface area (Å²) in [7, 11) is 3.04. The summed E-state index contributed by atoms with van der Waals surface area (Å²) in [5.74, 6) is -0.481. The molecule has 0 spiro atoms. The SMILES string of the molecule is COc1ccc(OC)c(NC2=C(Sc3ccccc3)C(=O)N(c3ccc(F)cc3)C2=O)c1. The number of methoxy groups -OCH3 is 2. The summed E-state index contributed by atoms with van der Waals surface area (Å²) in [4.78, 5) is 28.7. The predicted octanol–water partition coefficient (Wildman–Crippen LogP) is 4.83. The topological polar surface area (TPSA) is 67.9 Å². The van der Waals surface area contributed by atoms with Gasteiger partial charge in [0.15, 0.2) is 0 Å². The number of ether oxygens (including phenoxy) is 2. The first-order valence-corrected chi connectivity index (χ1v) is 10.4. The third-order valence-corrected chi connectivity index (χ3v) is 5.85. The highest BCUT2D eigenvalue weighted by Gasteiger charge is 2.40. The number of hydrogen-bond donors (Lipinski definition) is 1. The first-order chi connectivity index (χ1) is 15.5. The van der Waals surface area contributed by atoms with Crippen molar-refractivity contribution in [2.45, 2.75) is 4.90 Å². The zero-order valence-corrected chi connectivity index (χ0v) is 18.1. The number of carbonyl (C=O) groups excluding carboxylic acids is 2. The lowest BCUT2D eigenvalue weighted by Crippen LogP contribution is -2.32. The van der Waals surface area contributed by atoms with Gasteiger partial charge in [-0.1, -0.05) is 30.0 Å². The average Bonchev–Trinajstić information content (AvgIpc) is 3.04. The van der Waals surface area contributed by atoms with Gasteiger partial charge in [-0.05, 0) is 48.5 Å². The van der Waals surface area contributed by atoms with Crippen molar-refractivity contribution >= 4 is 35.0 Å². The predicted molar refractivity (Wildman–Crippen MR) is 121 cm³/mol. The van der Waals surface area contributed by atoms with Crippen LogP contribution >= 0.6 is 11.8 Å². The van der Waals surface area contributed by atoms with E-state index < -0.39 is 17.6 Å². The van der Waals surface area contributed by atoms with Crippen molar-refractivity contribution in [3.05, 3.63) is 89.2 Å². The van der Waals surface area contributed by atoms with E-state index in [1.54, 1.807) is 18.2 Å². The molecule has 3 aromatic carbocycles. The van der Waals surface area contributed by atoms with Crippen LogP contribution in [0.2, 0.25) is 0 Å². The molecule has 0 saturated carbocycles. The number of amides is 2. The van der Waals surface area contributed by atoms with Gasteiger partial charge >= 0.3 is 0 Å². The summed E-state index contributed by atoms with van der Waals surface area (Å²) in [5.41, 5.74) is 0.844. The third-order valence-electron chi connectivity index (χ3n) is 4.76. The summed E-state index contributed by atoms with van der Waals surface area (Å²) < 4.78 is 24.1. The van der Waals surface area contributed by atoms with E-state index in [-0.39, 0.29) is 16.3 Å². The van der Waals surface area contributed by atoms with Crippen molar-refractivity contribution in [2.24, 2.45) is 0 Å². The van der Waals surface area contributed by atoms with Crippen molar-refractivity contribution in [1.82, 2.24) is 0 Å². The van der Waals surface area contributed by atoms with Crippen LogP contribution in [-0.4, -0.2) is 26.0 Å². The van der Waals surface area contributed by atoms with E-state index in [2.05, 4.69) is 5.32 Å². The number of carbonyl (C=O) groups is 2. The van der Waals surface area contributed by atoms with Crippen molar-refractivity contribution in [3.63, 3.8) is 0 Å². The van der Waals surface area contributed by atoms with Crippen molar-refractivity contribution in [1.29, 1.82) is 0 Å². The summed E-state index contributed by atoms with van der Waals surface area (Å²) in [6.45, 7) is 0. The maximum Gasteiger partial charge on any atom is 0.283 e. The second-order valence-electron chi connectivity index (χ2n) is 6.73. The minimum Gasteiger partial charge on any atom is -0.497 e. The van der Waals surface area contributed by atoms with Gasteiger partial charge in [-0.3, -0.25) is 9.59 Å². The molecule has 0 radical (unpaired) electrons. The zero-order valence-electron chi connectivity index (χ0n) is 17.3. The third kappa shape index (κ3) is 4.17. The van der Waals surface area contributed by atoms with E-state index in [4.69, 9.17) is 9.47 Å². The van der Waals surface area contributed by atoms with E-state index in [0.717, 1.165) is 9.80 Å². The second-order valence-corrected chi connectivity index (χ2v) is 7.82. The van der Waals surface area contributed by atoms with Crippen LogP contribution in [0.5, 0.6) is 11.5 Å². The number of benzene rings is 3. The lowest BCUT2D eigenvalue weighted by atomic mass is 10.2. The molecule has 0 atom stereocenters. The number of imide groups is 1. The van der Waals surface area contributed by atoms with E-state index in [9.17, 15) is 14.0 Å². The Balaban J connectivity index is 1.78. The van der Waals surface area contributed by atoms with Gasteiger partial charge in [-0.15, -0.1) is 0 Å². The molecule has 0 fully saturated rings. The molecule has 4 rings (SSSR count). The minimum absolute atomic E-state index is 0.0970. The van der Waals surface area contributed by atoms with Gasteiger partial charge in [0, 0.05) is 11.0 Å². The van der Waals surface area contributed by atoms with Crippen molar-refractivity contribution < 1.29 is 23.5 Å². The molecule has 6 nitrogen and oxygen atoms in total. The average molecular weight is 450 g/mol. The largest absolute Gasteiger partial charge is 0.497 e. The van der Waals surface area contributed by atoms with Gasteiger partial charge in [0.2, 0.25) is 0 Å². The highest BCUT2D eigenvalue weighted by atomic mass is 32.2. The fraction of sp³-hybridized carbons (Fsp3) is 0.0833. The molecule has 0 bridgehead atoms. The van der Waals surface area contributed by atoms with Gasteiger partial charge in [-0.2, -0.15) is 0 Å². The quantitative estimate of drug-likeness (QED) is 0.520. The van der Waals surface area contributed by atoms with E-state index in [1.165, 1.54) is 50.2 Å². The highest BCUT2D eigenvalue weighted by Crippen LogP contribution is 2.39. The molecular weight excluding hydrogens is 431 g/mol. The molecule has 1 N–H and O–H groups in total. The molecule has 3 aromatic rings. The number of halogens is 1. The molecule has 0 aromatic heterocycles. The van der Waals surface area contributed by atoms with Gasteiger partial charge < -0.3 is 14.8 Å². The smallest absolute Gasteiger partial charge is 0.283 e. The van der Waals surface area contributed by atoms with Crippen LogP contribution in [0, 0.1) is 5.82 Å². The van der Waals surface area contributed by atoms with Crippen LogP contribution in [0.1, 0.15) is 0 Å². The summed E-state index contributed by atoms with van der Waals surface area (Å²) in [6.07, 6.45) is 0. The number of nitrogens with one attached hydrogen (secondary N) is 1. The molecule has 1 aliphatic rings. The Kier molecular flexibility index (Phi) is 6.13. The molecule has 0 unspecified atom stereocenters. The lowest BCUT2D eigenvalue weighted by Gasteiger charge is -2.16. The number of rotatable bonds is 7. The zero-order chi connectivity index (χ0) is 22.7. The fourth-order valence-electron chi connectivity index (χ4n) is 3.19. The second kappa shape index (κ2) is 9.15. The van der Waals surface area contributed by atoms with Crippen molar-refractivity contribution in [2.75, 3.05) is 24.4 Å². The van der Waals surface area contributed by atoms with Crippen LogP contribution < -0.4 is 19.7 Å². The fourth-order valence-corrected chi connectivity index (χ4v) is 4.14. The Morgan fingerprint density at radius 1 is 0.875 bits per heavy atom. The summed E-state index contributed by atoms with van der Waals surface area (Å²) in [5, 5.41) is 3.06. The monoisotopic (exact) mass is 450 g/mol. The maximum atomic E-state index is 13.4. The van der Waals surface area contributed by atoms with Gasteiger partial charge in [-0.25, -0.2) is 9.29 Å². The van der Waals surface area contributed by atoms with Crippen LogP contribution in [0.15, 0.2) is 88.3 Å². The van der Waals surface area contributed by atoms with Gasteiger partial charge in [0.25, 0.3) is 11.8 Å². The Hall–Kier alpha value is -3.78. The molecule has 8 heteroatoms. The normalized spacial score (nSPS) is 13.5. The Morgan fingerprint density at radius 3 is 2.25 bits per heavy atom.